The van der Waals surface area contributed by atoms with Crippen molar-refractivity contribution in [1.29, 1.82) is 0 Å². The van der Waals surface area contributed by atoms with Gasteiger partial charge in [0, 0.05) is 24.4 Å². The van der Waals surface area contributed by atoms with Crippen molar-refractivity contribution in [3.05, 3.63) is 54.2 Å². The fourth-order valence-corrected chi connectivity index (χ4v) is 3.07. The maximum Gasteiger partial charge on any atom is 0.139 e. The second kappa shape index (κ2) is 5.50. The molecule has 1 aliphatic rings. The van der Waals surface area contributed by atoms with Crippen molar-refractivity contribution in [3.8, 4) is 11.4 Å². The van der Waals surface area contributed by atoms with E-state index in [9.17, 15) is 4.39 Å². The Bertz CT molecular complexity index is 805. The van der Waals surface area contributed by atoms with E-state index >= 15 is 0 Å². The number of aromatic nitrogens is 3. The number of imidazole rings is 1. The van der Waals surface area contributed by atoms with Crippen LogP contribution in [0.4, 0.5) is 4.39 Å². The molecule has 1 N–H and O–H groups in total. The molecule has 0 spiro atoms. The number of halogens is 1. The van der Waals surface area contributed by atoms with E-state index in [4.69, 9.17) is 4.98 Å². The van der Waals surface area contributed by atoms with Crippen molar-refractivity contribution in [2.75, 3.05) is 13.1 Å². The first-order valence-electron chi connectivity index (χ1n) is 7.62. The monoisotopic (exact) mass is 296 g/mol. The van der Waals surface area contributed by atoms with Crippen LogP contribution in [0, 0.1) is 5.82 Å². The van der Waals surface area contributed by atoms with E-state index in [1.165, 1.54) is 18.7 Å². The maximum atomic E-state index is 13.5. The van der Waals surface area contributed by atoms with Crippen LogP contribution < -0.4 is 5.32 Å². The van der Waals surface area contributed by atoms with Crippen molar-refractivity contribution >= 4 is 5.65 Å². The van der Waals surface area contributed by atoms with E-state index in [0.29, 0.717) is 5.92 Å². The van der Waals surface area contributed by atoms with Crippen molar-refractivity contribution < 1.29 is 4.39 Å². The molecule has 0 bridgehead atoms. The van der Waals surface area contributed by atoms with E-state index in [-0.39, 0.29) is 5.82 Å². The number of piperidine rings is 1. The van der Waals surface area contributed by atoms with Gasteiger partial charge in [0.25, 0.3) is 0 Å². The summed E-state index contributed by atoms with van der Waals surface area (Å²) in [6, 6.07) is 9.14. The molecule has 0 aromatic carbocycles. The molecule has 3 aromatic rings. The first-order chi connectivity index (χ1) is 10.8. The SMILES string of the molecule is Fc1ccc2ncc(-c3cccc([C@@H]4CCCNC4)n3)n2c1. The van der Waals surface area contributed by atoms with Crippen molar-refractivity contribution in [1.82, 2.24) is 19.7 Å². The lowest BCUT2D eigenvalue weighted by atomic mass is 9.95. The van der Waals surface area contributed by atoms with Gasteiger partial charge in [-0.25, -0.2) is 9.37 Å². The van der Waals surface area contributed by atoms with Gasteiger partial charge < -0.3 is 5.32 Å². The molecule has 0 saturated carbocycles. The van der Waals surface area contributed by atoms with Crippen LogP contribution in [0.5, 0.6) is 0 Å². The summed E-state index contributed by atoms with van der Waals surface area (Å²) in [6.07, 6.45) is 5.54. The average molecular weight is 296 g/mol. The lowest BCUT2D eigenvalue weighted by Gasteiger charge is -2.22. The summed E-state index contributed by atoms with van der Waals surface area (Å²) in [4.78, 5) is 9.12. The quantitative estimate of drug-likeness (QED) is 0.790. The molecule has 1 fully saturated rings. The highest BCUT2D eigenvalue weighted by molar-refractivity contribution is 5.60. The highest BCUT2D eigenvalue weighted by atomic mass is 19.1. The van der Waals surface area contributed by atoms with Gasteiger partial charge in [-0.1, -0.05) is 6.07 Å². The summed E-state index contributed by atoms with van der Waals surface area (Å²) in [5, 5.41) is 3.42. The van der Waals surface area contributed by atoms with Gasteiger partial charge in [-0.15, -0.1) is 0 Å². The van der Waals surface area contributed by atoms with Crippen LogP contribution in [0.1, 0.15) is 24.5 Å². The van der Waals surface area contributed by atoms with Crippen LogP contribution >= 0.6 is 0 Å². The molecule has 3 aromatic heterocycles. The molecule has 0 aliphatic carbocycles. The molecular formula is C17H17FN4. The summed E-state index contributed by atoms with van der Waals surface area (Å²) in [5.41, 5.74) is 3.47. The Balaban J connectivity index is 1.76. The summed E-state index contributed by atoms with van der Waals surface area (Å²) in [7, 11) is 0. The first-order valence-corrected chi connectivity index (χ1v) is 7.62. The van der Waals surface area contributed by atoms with Crippen LogP contribution in [0.25, 0.3) is 17.0 Å². The molecule has 4 heterocycles. The standard InChI is InChI=1S/C17H17FN4/c18-13-6-7-17-20-10-16(22(17)11-13)15-5-1-4-14(21-15)12-3-2-8-19-9-12/h1,4-7,10-12,19H,2-3,8-9H2/t12-/m1/s1. The molecular weight excluding hydrogens is 279 g/mol. The number of nitrogens with one attached hydrogen (secondary N) is 1. The Morgan fingerprint density at radius 2 is 2.18 bits per heavy atom. The van der Waals surface area contributed by atoms with E-state index in [1.54, 1.807) is 16.7 Å². The summed E-state index contributed by atoms with van der Waals surface area (Å²) >= 11 is 0. The van der Waals surface area contributed by atoms with Gasteiger partial charge in [0.1, 0.15) is 11.5 Å². The number of rotatable bonds is 2. The second-order valence-electron chi connectivity index (χ2n) is 5.71. The lowest BCUT2D eigenvalue weighted by molar-refractivity contribution is 0.455. The topological polar surface area (TPSA) is 42.2 Å². The zero-order chi connectivity index (χ0) is 14.9. The predicted octanol–water partition coefficient (Wildman–Crippen LogP) is 3.00. The lowest BCUT2D eigenvalue weighted by Crippen LogP contribution is -2.28. The van der Waals surface area contributed by atoms with Gasteiger partial charge in [0.15, 0.2) is 0 Å². The zero-order valence-corrected chi connectivity index (χ0v) is 12.2. The minimum Gasteiger partial charge on any atom is -0.316 e. The van der Waals surface area contributed by atoms with E-state index in [0.717, 1.165) is 42.2 Å². The Morgan fingerprint density at radius 3 is 3.05 bits per heavy atom. The average Bonchev–Trinajstić information content (AvgIpc) is 2.99. The van der Waals surface area contributed by atoms with Gasteiger partial charge in [-0.2, -0.15) is 0 Å². The molecule has 112 valence electrons. The molecule has 22 heavy (non-hydrogen) atoms. The van der Waals surface area contributed by atoms with E-state index in [2.05, 4.69) is 16.4 Å². The molecule has 0 radical (unpaired) electrons. The largest absolute Gasteiger partial charge is 0.316 e. The fraction of sp³-hybridized carbons (Fsp3) is 0.294. The van der Waals surface area contributed by atoms with Crippen LogP contribution in [0.15, 0.2) is 42.7 Å². The number of hydrogen-bond acceptors (Lipinski definition) is 3. The van der Waals surface area contributed by atoms with Gasteiger partial charge in [-0.3, -0.25) is 9.38 Å². The molecule has 0 unspecified atom stereocenters. The molecule has 5 heteroatoms. The first kappa shape index (κ1) is 13.4. The number of nitrogens with zero attached hydrogens (tertiary/aromatic N) is 3. The van der Waals surface area contributed by atoms with Gasteiger partial charge >= 0.3 is 0 Å². The molecule has 1 atom stereocenters. The van der Waals surface area contributed by atoms with Gasteiger partial charge in [0.05, 0.1) is 17.6 Å². The zero-order valence-electron chi connectivity index (χ0n) is 12.2. The molecule has 4 rings (SSSR count). The van der Waals surface area contributed by atoms with Crippen LogP contribution in [-0.4, -0.2) is 27.5 Å². The highest BCUT2D eigenvalue weighted by Gasteiger charge is 2.17. The number of hydrogen-bond donors (Lipinski definition) is 1. The minimum atomic E-state index is -0.278. The van der Waals surface area contributed by atoms with Crippen molar-refractivity contribution in [2.45, 2.75) is 18.8 Å². The third-order valence-electron chi connectivity index (χ3n) is 4.22. The third kappa shape index (κ3) is 2.37. The van der Waals surface area contributed by atoms with Crippen LogP contribution in [0.2, 0.25) is 0 Å². The molecule has 1 saturated heterocycles. The van der Waals surface area contributed by atoms with Crippen LogP contribution in [0.3, 0.4) is 0 Å². The molecule has 0 amide bonds. The predicted molar refractivity (Wildman–Crippen MR) is 83.2 cm³/mol. The Kier molecular flexibility index (Phi) is 3.35. The Labute approximate surface area is 128 Å². The number of fused-ring (bicyclic) bond motifs is 1. The van der Waals surface area contributed by atoms with Crippen molar-refractivity contribution in [2.24, 2.45) is 0 Å². The number of pyridine rings is 2. The summed E-state index contributed by atoms with van der Waals surface area (Å²) in [5.74, 6) is 0.170. The Morgan fingerprint density at radius 1 is 1.23 bits per heavy atom. The van der Waals surface area contributed by atoms with Crippen LogP contribution in [-0.2, 0) is 0 Å². The fourth-order valence-electron chi connectivity index (χ4n) is 3.07. The molecule has 1 aliphatic heterocycles. The van der Waals surface area contributed by atoms with E-state index in [1.807, 2.05) is 12.1 Å². The summed E-state index contributed by atoms with van der Waals surface area (Å²) < 4.78 is 15.3. The highest BCUT2D eigenvalue weighted by Crippen LogP contribution is 2.25. The van der Waals surface area contributed by atoms with E-state index < -0.39 is 0 Å². The van der Waals surface area contributed by atoms with Crippen molar-refractivity contribution in [3.63, 3.8) is 0 Å². The minimum absolute atomic E-state index is 0.278. The maximum absolute atomic E-state index is 13.5. The Hall–Kier alpha value is -2.27. The molecule has 4 nitrogen and oxygen atoms in total. The van der Waals surface area contributed by atoms with Gasteiger partial charge in [-0.05, 0) is 43.7 Å². The van der Waals surface area contributed by atoms with Gasteiger partial charge in [0.2, 0.25) is 0 Å². The smallest absolute Gasteiger partial charge is 0.139 e. The second-order valence-corrected chi connectivity index (χ2v) is 5.71. The summed E-state index contributed by atoms with van der Waals surface area (Å²) in [6.45, 7) is 2.06. The normalized spacial score (nSPS) is 18.7. The third-order valence-corrected chi connectivity index (χ3v) is 4.22.